The van der Waals surface area contributed by atoms with Crippen LogP contribution in [0.3, 0.4) is 0 Å². The maximum absolute atomic E-state index is 12.5. The van der Waals surface area contributed by atoms with Crippen molar-refractivity contribution in [2.45, 2.75) is 30.9 Å². The van der Waals surface area contributed by atoms with Crippen LogP contribution in [0.5, 0.6) is 5.75 Å². The molecule has 0 saturated heterocycles. The molecule has 9 heteroatoms. The quantitative estimate of drug-likeness (QED) is 0.595. The van der Waals surface area contributed by atoms with Crippen molar-refractivity contribution in [1.82, 2.24) is 14.8 Å². The Labute approximate surface area is 164 Å². The molecule has 3 aromatic rings. The number of carbonyl (C=O) groups is 1. The summed E-state index contributed by atoms with van der Waals surface area (Å²) in [5.41, 5.74) is 2.49. The summed E-state index contributed by atoms with van der Waals surface area (Å²) in [6, 6.07) is 13.6. The van der Waals surface area contributed by atoms with Gasteiger partial charge in [-0.2, -0.15) is 8.78 Å². The minimum absolute atomic E-state index is 0.0294. The Morgan fingerprint density at radius 1 is 1.18 bits per heavy atom. The highest BCUT2D eigenvalue weighted by Crippen LogP contribution is 2.26. The molecule has 2 aromatic carbocycles. The van der Waals surface area contributed by atoms with Crippen molar-refractivity contribution < 1.29 is 18.3 Å². The molecular weight excluding hydrogens is 386 g/mol. The van der Waals surface area contributed by atoms with E-state index in [1.807, 2.05) is 35.8 Å². The molecule has 0 saturated carbocycles. The van der Waals surface area contributed by atoms with Gasteiger partial charge in [0.2, 0.25) is 5.91 Å². The molecule has 0 bridgehead atoms. The van der Waals surface area contributed by atoms with Crippen LogP contribution in [0.25, 0.3) is 5.69 Å². The number of rotatable bonds is 7. The van der Waals surface area contributed by atoms with Gasteiger partial charge in [-0.05, 0) is 49.7 Å². The molecule has 1 amide bonds. The molecule has 0 aliphatic carbocycles. The molecule has 3 rings (SSSR count). The lowest BCUT2D eigenvalue weighted by molar-refractivity contribution is -0.115. The topological polar surface area (TPSA) is 69.0 Å². The highest BCUT2D eigenvalue weighted by molar-refractivity contribution is 8.00. The Morgan fingerprint density at radius 2 is 1.89 bits per heavy atom. The SMILES string of the molecule is Cc1ccccc1-n1cnnc1SC(C)C(=O)Nc1ccc(OC(F)F)cc1. The van der Waals surface area contributed by atoms with Crippen molar-refractivity contribution >= 4 is 23.4 Å². The summed E-state index contributed by atoms with van der Waals surface area (Å²) in [6.07, 6.45) is 1.61. The maximum atomic E-state index is 12.5. The number of amides is 1. The van der Waals surface area contributed by atoms with Crippen LogP contribution in [0, 0.1) is 6.92 Å². The molecule has 6 nitrogen and oxygen atoms in total. The standard InChI is InChI=1S/C19H18F2N4O2S/c1-12-5-3-4-6-16(12)25-11-22-24-19(25)28-13(2)17(26)23-14-7-9-15(10-8-14)27-18(20)21/h3-11,13,18H,1-2H3,(H,23,26). The zero-order valence-corrected chi connectivity index (χ0v) is 16.0. The van der Waals surface area contributed by atoms with Crippen molar-refractivity contribution in [2.24, 2.45) is 0 Å². The highest BCUT2D eigenvalue weighted by Gasteiger charge is 2.19. The normalized spacial score (nSPS) is 12.0. The number of nitrogens with one attached hydrogen (secondary N) is 1. The fourth-order valence-electron chi connectivity index (χ4n) is 2.48. The highest BCUT2D eigenvalue weighted by atomic mass is 32.2. The number of para-hydroxylation sites is 1. The van der Waals surface area contributed by atoms with Crippen LogP contribution in [-0.4, -0.2) is 32.5 Å². The Bertz CT molecular complexity index is 947. The molecule has 1 N–H and O–H groups in total. The molecule has 1 aromatic heterocycles. The van der Waals surface area contributed by atoms with Gasteiger partial charge in [-0.1, -0.05) is 30.0 Å². The van der Waals surface area contributed by atoms with E-state index in [0.29, 0.717) is 10.8 Å². The van der Waals surface area contributed by atoms with Gasteiger partial charge in [0.25, 0.3) is 0 Å². The van der Waals surface area contributed by atoms with E-state index in [2.05, 4.69) is 20.3 Å². The second-order valence-electron chi connectivity index (χ2n) is 5.92. The number of alkyl halides is 2. The zero-order valence-electron chi connectivity index (χ0n) is 15.2. The third-order valence-electron chi connectivity index (χ3n) is 3.89. The van der Waals surface area contributed by atoms with Crippen LogP contribution < -0.4 is 10.1 Å². The minimum Gasteiger partial charge on any atom is -0.435 e. The Kier molecular flexibility index (Phi) is 6.25. The number of halogens is 2. The second kappa shape index (κ2) is 8.83. The number of aromatic nitrogens is 3. The number of aryl methyl sites for hydroxylation is 1. The van der Waals surface area contributed by atoms with Crippen LogP contribution >= 0.6 is 11.8 Å². The van der Waals surface area contributed by atoms with Crippen molar-refractivity contribution in [3.63, 3.8) is 0 Å². The molecule has 0 spiro atoms. The molecule has 146 valence electrons. The van der Waals surface area contributed by atoms with E-state index >= 15 is 0 Å². The van der Waals surface area contributed by atoms with Crippen LogP contribution in [0.4, 0.5) is 14.5 Å². The number of anilines is 1. The van der Waals surface area contributed by atoms with Crippen molar-refractivity contribution in [1.29, 1.82) is 0 Å². The first-order valence-corrected chi connectivity index (χ1v) is 9.30. The smallest absolute Gasteiger partial charge is 0.387 e. The van der Waals surface area contributed by atoms with Gasteiger partial charge in [0, 0.05) is 5.69 Å². The average Bonchev–Trinajstić information content (AvgIpc) is 3.11. The van der Waals surface area contributed by atoms with Gasteiger partial charge in [0.1, 0.15) is 12.1 Å². The average molecular weight is 404 g/mol. The molecule has 0 aliphatic rings. The Morgan fingerprint density at radius 3 is 2.57 bits per heavy atom. The Balaban J connectivity index is 1.65. The molecule has 0 fully saturated rings. The largest absolute Gasteiger partial charge is 0.435 e. The molecule has 28 heavy (non-hydrogen) atoms. The lowest BCUT2D eigenvalue weighted by atomic mass is 10.2. The molecule has 1 unspecified atom stereocenters. The third kappa shape index (κ3) is 4.86. The van der Waals surface area contributed by atoms with E-state index < -0.39 is 11.9 Å². The fraction of sp³-hybridized carbons (Fsp3) is 0.211. The number of thioether (sulfide) groups is 1. The van der Waals surface area contributed by atoms with E-state index in [1.54, 1.807) is 13.3 Å². The van der Waals surface area contributed by atoms with E-state index in [4.69, 9.17) is 0 Å². The van der Waals surface area contributed by atoms with Gasteiger partial charge >= 0.3 is 6.61 Å². The number of hydrogen-bond donors (Lipinski definition) is 1. The van der Waals surface area contributed by atoms with Gasteiger partial charge < -0.3 is 10.1 Å². The third-order valence-corrected chi connectivity index (χ3v) is 4.95. The van der Waals surface area contributed by atoms with Crippen LogP contribution in [0.1, 0.15) is 12.5 Å². The first-order chi connectivity index (χ1) is 13.4. The number of carbonyl (C=O) groups excluding carboxylic acids is 1. The van der Waals surface area contributed by atoms with Gasteiger partial charge in [0.15, 0.2) is 5.16 Å². The second-order valence-corrected chi connectivity index (χ2v) is 7.23. The number of hydrogen-bond acceptors (Lipinski definition) is 5. The van der Waals surface area contributed by atoms with Crippen molar-refractivity contribution in [3.8, 4) is 11.4 Å². The summed E-state index contributed by atoms with van der Waals surface area (Å²) >= 11 is 1.27. The van der Waals surface area contributed by atoms with Gasteiger partial charge in [0.05, 0.1) is 10.9 Å². The van der Waals surface area contributed by atoms with E-state index in [1.165, 1.54) is 36.0 Å². The number of benzene rings is 2. The molecular formula is C19H18F2N4O2S. The summed E-state index contributed by atoms with van der Waals surface area (Å²) in [5.74, 6) is -0.214. The summed E-state index contributed by atoms with van der Waals surface area (Å²) in [6.45, 7) is 0.856. The van der Waals surface area contributed by atoms with Crippen LogP contribution in [0.2, 0.25) is 0 Å². The minimum atomic E-state index is -2.89. The van der Waals surface area contributed by atoms with Gasteiger partial charge in [-0.15, -0.1) is 10.2 Å². The number of ether oxygens (including phenoxy) is 1. The first-order valence-electron chi connectivity index (χ1n) is 8.42. The molecule has 1 atom stereocenters. The monoisotopic (exact) mass is 404 g/mol. The van der Waals surface area contributed by atoms with Crippen LogP contribution in [-0.2, 0) is 4.79 Å². The predicted octanol–water partition coefficient (Wildman–Crippen LogP) is 4.30. The van der Waals surface area contributed by atoms with E-state index in [0.717, 1.165) is 11.3 Å². The van der Waals surface area contributed by atoms with Crippen molar-refractivity contribution in [3.05, 3.63) is 60.4 Å². The summed E-state index contributed by atoms with van der Waals surface area (Å²) < 4.78 is 30.5. The van der Waals surface area contributed by atoms with Crippen molar-refractivity contribution in [2.75, 3.05) is 5.32 Å². The van der Waals surface area contributed by atoms with Gasteiger partial charge in [-0.3, -0.25) is 9.36 Å². The lowest BCUT2D eigenvalue weighted by Crippen LogP contribution is -2.22. The zero-order chi connectivity index (χ0) is 20.1. The van der Waals surface area contributed by atoms with E-state index in [-0.39, 0.29) is 11.7 Å². The molecule has 0 radical (unpaired) electrons. The summed E-state index contributed by atoms with van der Waals surface area (Å²) in [5, 5.41) is 11.0. The Hall–Kier alpha value is -2.94. The molecule has 1 heterocycles. The number of nitrogens with zero attached hydrogens (tertiary/aromatic N) is 3. The van der Waals surface area contributed by atoms with Gasteiger partial charge in [-0.25, -0.2) is 0 Å². The fourth-order valence-corrected chi connectivity index (χ4v) is 3.31. The van der Waals surface area contributed by atoms with Crippen LogP contribution in [0.15, 0.2) is 60.0 Å². The van der Waals surface area contributed by atoms with E-state index in [9.17, 15) is 13.6 Å². The summed E-state index contributed by atoms with van der Waals surface area (Å²) in [7, 11) is 0. The predicted molar refractivity (Wildman–Crippen MR) is 103 cm³/mol. The lowest BCUT2D eigenvalue weighted by Gasteiger charge is -2.13. The summed E-state index contributed by atoms with van der Waals surface area (Å²) in [4.78, 5) is 12.5. The molecule has 0 aliphatic heterocycles. The maximum Gasteiger partial charge on any atom is 0.387 e. The first kappa shape index (κ1) is 19.8.